The molecule has 0 aliphatic carbocycles. The zero-order valence-corrected chi connectivity index (χ0v) is 12.5. The van der Waals surface area contributed by atoms with E-state index in [2.05, 4.69) is 48.3 Å². The van der Waals surface area contributed by atoms with Crippen molar-refractivity contribution in [2.24, 2.45) is 5.92 Å². The Morgan fingerprint density at radius 2 is 1.68 bits per heavy atom. The molecule has 106 valence electrons. The minimum Gasteiger partial charge on any atom is -0.313 e. The number of hydrogen-bond acceptors (Lipinski definition) is 2. The number of piperidine rings is 1. The SMILES string of the molecule is CCNCc1ccc(CN2CCC(CC)CC2)cc1. The van der Waals surface area contributed by atoms with Crippen LogP contribution in [-0.4, -0.2) is 24.5 Å². The average molecular weight is 260 g/mol. The van der Waals surface area contributed by atoms with Crippen LogP contribution >= 0.6 is 0 Å². The highest BCUT2D eigenvalue weighted by atomic mass is 15.1. The van der Waals surface area contributed by atoms with Crippen molar-refractivity contribution < 1.29 is 0 Å². The van der Waals surface area contributed by atoms with Crippen molar-refractivity contribution in [1.29, 1.82) is 0 Å². The summed E-state index contributed by atoms with van der Waals surface area (Å²) in [6, 6.07) is 9.10. The molecule has 0 unspecified atom stereocenters. The molecule has 0 aromatic heterocycles. The minimum absolute atomic E-state index is 0.971. The fraction of sp³-hybridized carbons (Fsp3) is 0.647. The molecular weight excluding hydrogens is 232 g/mol. The van der Waals surface area contributed by atoms with Gasteiger partial charge in [0, 0.05) is 13.1 Å². The van der Waals surface area contributed by atoms with Gasteiger partial charge in [-0.3, -0.25) is 4.90 Å². The summed E-state index contributed by atoms with van der Waals surface area (Å²) in [5, 5.41) is 3.37. The van der Waals surface area contributed by atoms with E-state index in [-0.39, 0.29) is 0 Å². The highest BCUT2D eigenvalue weighted by Crippen LogP contribution is 2.21. The molecule has 2 rings (SSSR count). The molecule has 2 nitrogen and oxygen atoms in total. The second-order valence-electron chi connectivity index (χ2n) is 5.72. The number of hydrogen-bond donors (Lipinski definition) is 1. The quantitative estimate of drug-likeness (QED) is 0.843. The van der Waals surface area contributed by atoms with Gasteiger partial charge in [0.25, 0.3) is 0 Å². The summed E-state index contributed by atoms with van der Waals surface area (Å²) in [6.45, 7) is 10.2. The molecule has 0 atom stereocenters. The minimum atomic E-state index is 0.971. The van der Waals surface area contributed by atoms with Gasteiger partial charge in [0.05, 0.1) is 0 Å². The molecule has 0 amide bonds. The number of nitrogens with zero attached hydrogens (tertiary/aromatic N) is 1. The third-order valence-electron chi connectivity index (χ3n) is 4.29. The van der Waals surface area contributed by atoms with Crippen molar-refractivity contribution in [3.8, 4) is 0 Å². The third-order valence-corrected chi connectivity index (χ3v) is 4.29. The fourth-order valence-corrected chi connectivity index (χ4v) is 2.84. The molecule has 1 aliphatic heterocycles. The Kier molecular flexibility index (Phi) is 5.87. The zero-order chi connectivity index (χ0) is 13.5. The van der Waals surface area contributed by atoms with Crippen LogP contribution in [0.5, 0.6) is 0 Å². The zero-order valence-electron chi connectivity index (χ0n) is 12.5. The Bertz CT molecular complexity index is 350. The topological polar surface area (TPSA) is 15.3 Å². The summed E-state index contributed by atoms with van der Waals surface area (Å²) < 4.78 is 0. The van der Waals surface area contributed by atoms with Gasteiger partial charge >= 0.3 is 0 Å². The van der Waals surface area contributed by atoms with Crippen LogP contribution in [0.2, 0.25) is 0 Å². The Balaban J connectivity index is 1.79. The summed E-state index contributed by atoms with van der Waals surface area (Å²) in [6.07, 6.45) is 4.12. The monoisotopic (exact) mass is 260 g/mol. The summed E-state index contributed by atoms with van der Waals surface area (Å²) >= 11 is 0. The molecule has 1 fully saturated rings. The second-order valence-corrected chi connectivity index (χ2v) is 5.72. The summed E-state index contributed by atoms with van der Waals surface area (Å²) in [7, 11) is 0. The van der Waals surface area contributed by atoms with Crippen LogP contribution in [0.4, 0.5) is 0 Å². The summed E-state index contributed by atoms with van der Waals surface area (Å²) in [5.41, 5.74) is 2.84. The van der Waals surface area contributed by atoms with Crippen molar-refractivity contribution in [2.45, 2.75) is 46.2 Å². The fourth-order valence-electron chi connectivity index (χ4n) is 2.84. The van der Waals surface area contributed by atoms with E-state index in [1.807, 2.05) is 0 Å². The maximum Gasteiger partial charge on any atom is 0.0233 e. The van der Waals surface area contributed by atoms with Gasteiger partial charge in [0.1, 0.15) is 0 Å². The number of benzene rings is 1. The predicted octanol–water partition coefficient (Wildman–Crippen LogP) is 3.42. The number of likely N-dealkylation sites (tertiary alicyclic amines) is 1. The third kappa shape index (κ3) is 4.63. The van der Waals surface area contributed by atoms with Gasteiger partial charge in [0.15, 0.2) is 0 Å². The molecule has 0 saturated carbocycles. The summed E-state index contributed by atoms with van der Waals surface area (Å²) in [4.78, 5) is 2.60. The molecule has 1 aromatic carbocycles. The van der Waals surface area contributed by atoms with E-state index >= 15 is 0 Å². The van der Waals surface area contributed by atoms with Crippen LogP contribution in [0.15, 0.2) is 24.3 Å². The van der Waals surface area contributed by atoms with Crippen LogP contribution in [-0.2, 0) is 13.1 Å². The molecule has 19 heavy (non-hydrogen) atoms. The lowest BCUT2D eigenvalue weighted by Gasteiger charge is -2.31. The van der Waals surface area contributed by atoms with Crippen molar-refractivity contribution >= 4 is 0 Å². The first-order valence-electron chi connectivity index (χ1n) is 7.82. The maximum atomic E-state index is 3.37. The van der Waals surface area contributed by atoms with Gasteiger partial charge in [0.2, 0.25) is 0 Å². The van der Waals surface area contributed by atoms with Gasteiger partial charge in [-0.1, -0.05) is 44.5 Å². The molecule has 1 heterocycles. The molecule has 0 spiro atoms. The van der Waals surface area contributed by atoms with Crippen LogP contribution in [0.3, 0.4) is 0 Å². The standard InChI is InChI=1S/C17H28N2/c1-3-15-9-11-19(12-10-15)14-17-7-5-16(6-8-17)13-18-4-2/h5-8,15,18H,3-4,9-14H2,1-2H3. The Hall–Kier alpha value is -0.860. The first-order chi connectivity index (χ1) is 9.31. The van der Waals surface area contributed by atoms with E-state index in [1.165, 1.54) is 43.5 Å². The molecule has 1 N–H and O–H groups in total. The van der Waals surface area contributed by atoms with Crippen LogP contribution in [0, 0.1) is 5.92 Å². The highest BCUT2D eigenvalue weighted by Gasteiger charge is 2.17. The second kappa shape index (κ2) is 7.66. The Morgan fingerprint density at radius 1 is 1.05 bits per heavy atom. The lowest BCUT2D eigenvalue weighted by Crippen LogP contribution is -2.32. The first-order valence-corrected chi connectivity index (χ1v) is 7.82. The van der Waals surface area contributed by atoms with Gasteiger partial charge in [-0.2, -0.15) is 0 Å². The number of nitrogens with one attached hydrogen (secondary N) is 1. The maximum absolute atomic E-state index is 3.37. The van der Waals surface area contributed by atoms with Gasteiger partial charge in [-0.05, 0) is 49.5 Å². The van der Waals surface area contributed by atoms with E-state index in [4.69, 9.17) is 0 Å². The molecule has 2 heteroatoms. The predicted molar refractivity (Wildman–Crippen MR) is 82.1 cm³/mol. The molecule has 1 aliphatic rings. The van der Waals surface area contributed by atoms with Crippen molar-refractivity contribution in [2.75, 3.05) is 19.6 Å². The molecule has 0 radical (unpaired) electrons. The van der Waals surface area contributed by atoms with Crippen LogP contribution in [0.25, 0.3) is 0 Å². The van der Waals surface area contributed by atoms with Crippen LogP contribution < -0.4 is 5.32 Å². The van der Waals surface area contributed by atoms with E-state index in [9.17, 15) is 0 Å². The molecule has 1 aromatic rings. The van der Waals surface area contributed by atoms with Crippen molar-refractivity contribution in [3.05, 3.63) is 35.4 Å². The summed E-state index contributed by atoms with van der Waals surface area (Å²) in [5.74, 6) is 0.971. The first kappa shape index (κ1) is 14.5. The Morgan fingerprint density at radius 3 is 2.26 bits per heavy atom. The average Bonchev–Trinajstić information content (AvgIpc) is 2.47. The van der Waals surface area contributed by atoms with Crippen LogP contribution in [0.1, 0.15) is 44.2 Å². The van der Waals surface area contributed by atoms with Crippen molar-refractivity contribution in [1.82, 2.24) is 10.2 Å². The highest BCUT2D eigenvalue weighted by molar-refractivity contribution is 5.22. The molecule has 0 bridgehead atoms. The number of rotatable bonds is 6. The normalized spacial score (nSPS) is 17.8. The van der Waals surface area contributed by atoms with Gasteiger partial charge in [-0.25, -0.2) is 0 Å². The molecule has 1 saturated heterocycles. The van der Waals surface area contributed by atoms with E-state index in [1.54, 1.807) is 0 Å². The van der Waals surface area contributed by atoms with Gasteiger partial charge in [-0.15, -0.1) is 0 Å². The van der Waals surface area contributed by atoms with E-state index in [0.717, 1.165) is 25.6 Å². The Labute approximate surface area is 118 Å². The smallest absolute Gasteiger partial charge is 0.0233 e. The lowest BCUT2D eigenvalue weighted by molar-refractivity contribution is 0.175. The van der Waals surface area contributed by atoms with E-state index < -0.39 is 0 Å². The van der Waals surface area contributed by atoms with Gasteiger partial charge < -0.3 is 5.32 Å². The lowest BCUT2D eigenvalue weighted by atomic mass is 9.94. The van der Waals surface area contributed by atoms with Crippen molar-refractivity contribution in [3.63, 3.8) is 0 Å². The largest absolute Gasteiger partial charge is 0.313 e. The van der Waals surface area contributed by atoms with E-state index in [0.29, 0.717) is 0 Å². The molecular formula is C17H28N2.